The number of thiazole rings is 1. The van der Waals surface area contributed by atoms with Gasteiger partial charge in [-0.15, -0.1) is 11.3 Å². The van der Waals surface area contributed by atoms with E-state index < -0.39 is 23.2 Å². The fourth-order valence-electron chi connectivity index (χ4n) is 5.51. The van der Waals surface area contributed by atoms with E-state index in [4.69, 9.17) is 0 Å². The highest BCUT2D eigenvalue weighted by atomic mass is 32.1. The molecule has 2 aliphatic rings. The standard InChI is InChI=1S/C25H27FN8O3S/c1-13(33-12-28-21-20(33)23(36)32(3)25(37)31(21)2)22(35)30-24-29-18(11-38-24)14-4-7-19(17(26)8-14)34-15-5-6-16(34)10-27-9-15/h4,7-8,11-13,15-16,27H,5-6,9-10H2,1-3H3,(H,29,30,35)/t13-,15?,16?/m0/s1. The van der Waals surface area contributed by atoms with Crippen LogP contribution in [0.25, 0.3) is 22.4 Å². The summed E-state index contributed by atoms with van der Waals surface area (Å²) in [7, 11) is 2.90. The number of aromatic nitrogens is 5. The topological polar surface area (TPSA) is 119 Å². The van der Waals surface area contributed by atoms with Gasteiger partial charge in [0, 0.05) is 50.2 Å². The number of nitrogens with zero attached hydrogens (tertiary/aromatic N) is 6. The molecule has 198 valence electrons. The first kappa shape index (κ1) is 24.5. The van der Waals surface area contributed by atoms with Crippen LogP contribution in [-0.2, 0) is 18.9 Å². The Morgan fingerprint density at radius 2 is 1.92 bits per heavy atom. The second-order valence-corrected chi connectivity index (χ2v) is 10.7. The lowest BCUT2D eigenvalue weighted by atomic mass is 10.1. The molecule has 13 heteroatoms. The first-order chi connectivity index (χ1) is 18.2. The van der Waals surface area contributed by atoms with Gasteiger partial charge in [0.05, 0.1) is 17.7 Å². The number of rotatable bonds is 5. The van der Waals surface area contributed by atoms with Crippen LogP contribution in [0.5, 0.6) is 0 Å². The highest BCUT2D eigenvalue weighted by Gasteiger charge is 2.37. The lowest BCUT2D eigenvalue weighted by molar-refractivity contribution is -0.118. The van der Waals surface area contributed by atoms with Gasteiger partial charge in [-0.25, -0.2) is 19.2 Å². The number of benzene rings is 1. The van der Waals surface area contributed by atoms with Crippen molar-refractivity contribution in [2.75, 3.05) is 23.3 Å². The molecular formula is C25H27FN8O3S. The maximum absolute atomic E-state index is 15.2. The molecule has 5 heterocycles. The molecule has 3 atom stereocenters. The molecule has 38 heavy (non-hydrogen) atoms. The second-order valence-electron chi connectivity index (χ2n) is 9.85. The van der Waals surface area contributed by atoms with Crippen molar-refractivity contribution in [2.24, 2.45) is 14.1 Å². The van der Waals surface area contributed by atoms with Gasteiger partial charge < -0.3 is 20.1 Å². The van der Waals surface area contributed by atoms with Crippen LogP contribution in [-0.4, -0.2) is 54.7 Å². The van der Waals surface area contributed by atoms with Crippen molar-refractivity contribution in [3.63, 3.8) is 0 Å². The summed E-state index contributed by atoms with van der Waals surface area (Å²) >= 11 is 1.23. The maximum Gasteiger partial charge on any atom is 0.332 e. The summed E-state index contributed by atoms with van der Waals surface area (Å²) in [5, 5.41) is 8.31. The van der Waals surface area contributed by atoms with Crippen LogP contribution >= 0.6 is 11.3 Å². The summed E-state index contributed by atoms with van der Waals surface area (Å²) in [6.07, 6.45) is 3.50. The van der Waals surface area contributed by atoms with Crippen LogP contribution in [0.4, 0.5) is 15.2 Å². The molecule has 6 rings (SSSR count). The molecule has 0 spiro atoms. The van der Waals surface area contributed by atoms with Crippen LogP contribution in [0.15, 0.2) is 39.5 Å². The molecule has 2 fully saturated rings. The van der Waals surface area contributed by atoms with Crippen molar-refractivity contribution in [3.05, 3.63) is 56.6 Å². The molecule has 2 aliphatic heterocycles. The quantitative estimate of drug-likeness (QED) is 0.398. The van der Waals surface area contributed by atoms with E-state index in [1.54, 1.807) is 12.3 Å². The van der Waals surface area contributed by atoms with Crippen molar-refractivity contribution in [1.82, 2.24) is 29.0 Å². The number of piperazine rings is 1. The van der Waals surface area contributed by atoms with Gasteiger partial charge >= 0.3 is 5.69 Å². The average molecular weight is 539 g/mol. The number of aryl methyl sites for hydroxylation is 1. The highest BCUT2D eigenvalue weighted by molar-refractivity contribution is 7.14. The van der Waals surface area contributed by atoms with Gasteiger partial charge in [-0.1, -0.05) is 6.07 Å². The third kappa shape index (κ3) is 3.84. The average Bonchev–Trinajstić information content (AvgIpc) is 3.62. The monoisotopic (exact) mass is 538 g/mol. The van der Waals surface area contributed by atoms with Crippen molar-refractivity contribution in [2.45, 2.75) is 37.9 Å². The SMILES string of the molecule is C[C@@H](C(=O)Nc1nc(-c2ccc(N3C4CCC3CNC4)c(F)c2)cs1)n1cnc2c1c(=O)n(C)c(=O)n2C. The number of imidazole rings is 1. The van der Waals surface area contributed by atoms with Gasteiger partial charge in [0.15, 0.2) is 16.3 Å². The zero-order chi connectivity index (χ0) is 26.7. The van der Waals surface area contributed by atoms with Crippen LogP contribution < -0.4 is 26.8 Å². The van der Waals surface area contributed by atoms with E-state index in [9.17, 15) is 14.4 Å². The van der Waals surface area contributed by atoms with E-state index in [1.807, 2.05) is 12.1 Å². The van der Waals surface area contributed by atoms with Gasteiger partial charge in [-0.05, 0) is 31.9 Å². The second kappa shape index (κ2) is 9.17. The Bertz CT molecular complexity index is 1670. The first-order valence-electron chi connectivity index (χ1n) is 12.4. The summed E-state index contributed by atoms with van der Waals surface area (Å²) < 4.78 is 18.9. The Labute approximate surface area is 220 Å². The van der Waals surface area contributed by atoms with Crippen molar-refractivity contribution in [1.29, 1.82) is 0 Å². The summed E-state index contributed by atoms with van der Waals surface area (Å²) in [4.78, 5) is 48.8. The molecule has 1 aromatic carbocycles. The molecule has 2 bridgehead atoms. The van der Waals surface area contributed by atoms with Crippen LogP contribution in [0.2, 0.25) is 0 Å². The predicted octanol–water partition coefficient (Wildman–Crippen LogP) is 1.84. The minimum Gasteiger partial charge on any atom is -0.361 e. The number of fused-ring (bicyclic) bond motifs is 3. The molecule has 0 saturated carbocycles. The summed E-state index contributed by atoms with van der Waals surface area (Å²) in [6.45, 7) is 3.37. The Kier molecular flexibility index (Phi) is 5.91. The highest BCUT2D eigenvalue weighted by Crippen LogP contribution is 2.36. The van der Waals surface area contributed by atoms with E-state index >= 15 is 4.39 Å². The number of hydrogen-bond acceptors (Lipinski definition) is 8. The number of carbonyl (C=O) groups excluding carboxylic acids is 1. The third-order valence-electron chi connectivity index (χ3n) is 7.61. The van der Waals surface area contributed by atoms with Crippen LogP contribution in [0, 0.1) is 5.82 Å². The van der Waals surface area contributed by atoms with E-state index in [2.05, 4.69) is 25.5 Å². The largest absolute Gasteiger partial charge is 0.361 e. The lowest BCUT2D eigenvalue weighted by Crippen LogP contribution is -2.52. The fraction of sp³-hybridized carbons (Fsp3) is 0.400. The zero-order valence-corrected chi connectivity index (χ0v) is 22.0. The van der Waals surface area contributed by atoms with E-state index in [0.29, 0.717) is 34.2 Å². The van der Waals surface area contributed by atoms with Gasteiger partial charge in [-0.3, -0.25) is 18.7 Å². The van der Waals surface area contributed by atoms with Crippen LogP contribution in [0.1, 0.15) is 25.8 Å². The minimum atomic E-state index is -0.802. The third-order valence-corrected chi connectivity index (χ3v) is 8.36. The molecule has 2 unspecified atom stereocenters. The molecule has 2 N–H and O–H groups in total. The van der Waals surface area contributed by atoms with Gasteiger partial charge in [0.1, 0.15) is 11.9 Å². The maximum atomic E-state index is 15.2. The molecule has 11 nitrogen and oxygen atoms in total. The van der Waals surface area contributed by atoms with Crippen molar-refractivity contribution >= 4 is 39.2 Å². The van der Waals surface area contributed by atoms with Crippen molar-refractivity contribution < 1.29 is 9.18 Å². The minimum absolute atomic E-state index is 0.158. The molecule has 1 amide bonds. The van der Waals surface area contributed by atoms with Crippen molar-refractivity contribution in [3.8, 4) is 11.3 Å². The van der Waals surface area contributed by atoms with Gasteiger partial charge in [0.2, 0.25) is 5.91 Å². The Morgan fingerprint density at radius 1 is 1.18 bits per heavy atom. The number of halogens is 1. The zero-order valence-electron chi connectivity index (χ0n) is 21.1. The lowest BCUT2D eigenvalue weighted by Gasteiger charge is -2.37. The Morgan fingerprint density at radius 3 is 2.63 bits per heavy atom. The number of anilines is 2. The molecule has 3 aromatic heterocycles. The molecular weight excluding hydrogens is 511 g/mol. The smallest absolute Gasteiger partial charge is 0.332 e. The predicted molar refractivity (Wildman–Crippen MR) is 143 cm³/mol. The van der Waals surface area contributed by atoms with Crippen LogP contribution in [0.3, 0.4) is 0 Å². The summed E-state index contributed by atoms with van der Waals surface area (Å²) in [6, 6.07) is 5.01. The van der Waals surface area contributed by atoms with Gasteiger partial charge in [0.25, 0.3) is 5.56 Å². The molecule has 4 aromatic rings. The number of carbonyl (C=O) groups is 1. The molecule has 2 saturated heterocycles. The number of amides is 1. The summed E-state index contributed by atoms with van der Waals surface area (Å²) in [5.74, 6) is -0.687. The summed E-state index contributed by atoms with van der Waals surface area (Å²) in [5.41, 5.74) is 1.14. The normalized spacial score (nSPS) is 19.7. The van der Waals surface area contributed by atoms with E-state index in [1.165, 1.54) is 47.0 Å². The molecule has 0 aliphatic carbocycles. The van der Waals surface area contributed by atoms with Gasteiger partial charge in [-0.2, -0.15) is 0 Å². The first-order valence-corrected chi connectivity index (χ1v) is 13.3. The Balaban J connectivity index is 1.21. The Hall–Kier alpha value is -3.84. The fourth-order valence-corrected chi connectivity index (χ4v) is 6.23. The number of nitrogens with one attached hydrogen (secondary N) is 2. The van der Waals surface area contributed by atoms with E-state index in [0.717, 1.165) is 30.5 Å². The van der Waals surface area contributed by atoms with E-state index in [-0.39, 0.29) is 17.0 Å². The number of hydrogen-bond donors (Lipinski definition) is 2. The molecule has 0 radical (unpaired) electrons.